The van der Waals surface area contributed by atoms with Gasteiger partial charge in [0.05, 0.1) is 21.4 Å². The maximum atomic E-state index is 11.0. The van der Waals surface area contributed by atoms with Crippen molar-refractivity contribution in [1.29, 1.82) is 0 Å². The highest BCUT2D eigenvalue weighted by molar-refractivity contribution is 7.09. The van der Waals surface area contributed by atoms with Crippen LogP contribution in [0.5, 0.6) is 0 Å². The maximum absolute atomic E-state index is 11.0. The van der Waals surface area contributed by atoms with Gasteiger partial charge < -0.3 is 4.74 Å². The number of nitro benzene ring substituents is 1. The van der Waals surface area contributed by atoms with Gasteiger partial charge in [-0.25, -0.2) is 4.98 Å². The molecule has 0 saturated heterocycles. The molecule has 2 aromatic rings. The van der Waals surface area contributed by atoms with Crippen LogP contribution in [0.15, 0.2) is 41.0 Å². The van der Waals surface area contributed by atoms with E-state index in [-0.39, 0.29) is 10.6 Å². The van der Waals surface area contributed by atoms with Crippen LogP contribution >= 0.6 is 11.3 Å². The van der Waals surface area contributed by atoms with E-state index in [0.29, 0.717) is 18.6 Å². The summed E-state index contributed by atoms with van der Waals surface area (Å²) in [6.45, 7) is 10.1. The molecule has 0 aliphatic rings. The minimum atomic E-state index is -0.337. The first-order valence-corrected chi connectivity index (χ1v) is 9.26. The molecule has 0 amide bonds. The van der Waals surface area contributed by atoms with Gasteiger partial charge in [-0.1, -0.05) is 11.6 Å². The molecule has 0 unspecified atom stereocenters. The second kappa shape index (κ2) is 8.76. The number of allylic oxidation sites excluding steroid dienone is 4. The van der Waals surface area contributed by atoms with E-state index in [1.165, 1.54) is 5.57 Å². The third-order valence-electron chi connectivity index (χ3n) is 3.89. The van der Waals surface area contributed by atoms with E-state index in [4.69, 9.17) is 4.74 Å². The number of nitrogens with zero attached hydrogens (tertiary/aromatic N) is 2. The van der Waals surface area contributed by atoms with Crippen molar-refractivity contribution in [3.8, 4) is 0 Å². The van der Waals surface area contributed by atoms with Crippen LogP contribution in [-0.2, 0) is 17.8 Å². The Morgan fingerprint density at radius 2 is 1.96 bits per heavy atom. The Kier molecular flexibility index (Phi) is 6.69. The predicted octanol–water partition coefficient (Wildman–Crippen LogP) is 5.65. The average molecular weight is 372 g/mol. The highest BCUT2D eigenvalue weighted by atomic mass is 32.1. The number of nitro groups is 1. The third kappa shape index (κ3) is 5.52. The Balaban J connectivity index is 2.05. The van der Waals surface area contributed by atoms with Crippen LogP contribution in [0.25, 0.3) is 0 Å². The Labute approximate surface area is 158 Å². The van der Waals surface area contributed by atoms with E-state index in [2.05, 4.69) is 4.98 Å². The minimum Gasteiger partial charge on any atom is -0.492 e. The summed E-state index contributed by atoms with van der Waals surface area (Å²) in [6.07, 6.45) is 4.63. The van der Waals surface area contributed by atoms with Crippen molar-refractivity contribution >= 4 is 17.0 Å². The van der Waals surface area contributed by atoms with Crippen molar-refractivity contribution < 1.29 is 9.66 Å². The standard InChI is InChI=1S/C20H24N2O3S/c1-13(2)6-7-16(5)25-11-18-12-26-20(21-18)10-17-8-15(4)19(22(23)24)9-14(17)3/h6-9,12H,10-11H2,1-5H3/b16-7+. The molecule has 138 valence electrons. The summed E-state index contributed by atoms with van der Waals surface area (Å²) in [5.74, 6) is 0.850. The van der Waals surface area contributed by atoms with Gasteiger partial charge in [0.15, 0.2) is 0 Å². The third-order valence-corrected chi connectivity index (χ3v) is 4.79. The molecule has 5 nitrogen and oxygen atoms in total. The van der Waals surface area contributed by atoms with Crippen molar-refractivity contribution in [3.05, 3.63) is 78.5 Å². The summed E-state index contributed by atoms with van der Waals surface area (Å²) < 4.78 is 5.71. The molecule has 0 spiro atoms. The summed E-state index contributed by atoms with van der Waals surface area (Å²) in [5, 5.41) is 14.0. The second-order valence-corrected chi connectivity index (χ2v) is 7.48. The van der Waals surface area contributed by atoms with Crippen molar-refractivity contribution in [2.45, 2.75) is 47.6 Å². The van der Waals surface area contributed by atoms with Crippen molar-refractivity contribution in [1.82, 2.24) is 4.98 Å². The quantitative estimate of drug-likeness (QED) is 0.273. The van der Waals surface area contributed by atoms with Gasteiger partial charge in [0.2, 0.25) is 0 Å². The van der Waals surface area contributed by atoms with Crippen LogP contribution in [0.1, 0.15) is 48.2 Å². The zero-order valence-electron chi connectivity index (χ0n) is 15.8. The van der Waals surface area contributed by atoms with E-state index in [1.54, 1.807) is 24.3 Å². The maximum Gasteiger partial charge on any atom is 0.272 e. The van der Waals surface area contributed by atoms with Gasteiger partial charge in [-0.15, -0.1) is 11.3 Å². The van der Waals surface area contributed by atoms with Gasteiger partial charge in [0.25, 0.3) is 5.69 Å². The number of aryl methyl sites for hydroxylation is 2. The molecule has 1 aromatic carbocycles. The summed E-state index contributed by atoms with van der Waals surface area (Å²) in [6, 6.07) is 3.52. The van der Waals surface area contributed by atoms with E-state index >= 15 is 0 Å². The smallest absolute Gasteiger partial charge is 0.272 e. The lowest BCUT2D eigenvalue weighted by molar-refractivity contribution is -0.385. The van der Waals surface area contributed by atoms with E-state index in [9.17, 15) is 10.1 Å². The number of hydrogen-bond acceptors (Lipinski definition) is 5. The van der Waals surface area contributed by atoms with Crippen LogP contribution in [-0.4, -0.2) is 9.91 Å². The molecule has 1 aromatic heterocycles. The molecular formula is C20H24N2O3S. The monoisotopic (exact) mass is 372 g/mol. The van der Waals surface area contributed by atoms with E-state index < -0.39 is 0 Å². The summed E-state index contributed by atoms with van der Waals surface area (Å²) in [5.41, 5.74) is 4.93. The molecule has 6 heteroatoms. The van der Waals surface area contributed by atoms with Crippen molar-refractivity contribution in [3.63, 3.8) is 0 Å². The van der Waals surface area contributed by atoms with Crippen LogP contribution in [0.3, 0.4) is 0 Å². The average Bonchev–Trinajstić information content (AvgIpc) is 3.01. The van der Waals surface area contributed by atoms with Gasteiger partial charge in [-0.05, 0) is 57.9 Å². The van der Waals surface area contributed by atoms with Gasteiger partial charge in [-0.2, -0.15) is 0 Å². The number of ether oxygens (including phenoxy) is 1. The van der Waals surface area contributed by atoms with Crippen molar-refractivity contribution in [2.75, 3.05) is 0 Å². The highest BCUT2D eigenvalue weighted by Crippen LogP contribution is 2.25. The Morgan fingerprint density at radius 3 is 2.62 bits per heavy atom. The van der Waals surface area contributed by atoms with E-state index in [1.807, 2.05) is 51.3 Å². The molecule has 0 N–H and O–H groups in total. The van der Waals surface area contributed by atoms with Crippen LogP contribution < -0.4 is 0 Å². The normalized spacial score (nSPS) is 11.3. The molecule has 2 rings (SSSR count). The summed E-state index contributed by atoms with van der Waals surface area (Å²) in [4.78, 5) is 15.3. The first kappa shape index (κ1) is 19.8. The first-order valence-electron chi connectivity index (χ1n) is 8.38. The zero-order chi connectivity index (χ0) is 19.3. The molecule has 0 atom stereocenters. The highest BCUT2D eigenvalue weighted by Gasteiger charge is 2.14. The molecule has 1 heterocycles. The fourth-order valence-corrected chi connectivity index (χ4v) is 3.23. The Hall–Kier alpha value is -2.47. The summed E-state index contributed by atoms with van der Waals surface area (Å²) >= 11 is 1.58. The Bertz CT molecular complexity index is 862. The molecule has 26 heavy (non-hydrogen) atoms. The van der Waals surface area contributed by atoms with E-state index in [0.717, 1.165) is 27.6 Å². The molecule has 0 saturated carbocycles. The lowest BCUT2D eigenvalue weighted by Crippen LogP contribution is -1.98. The van der Waals surface area contributed by atoms with Gasteiger partial charge >= 0.3 is 0 Å². The molecule has 0 aliphatic heterocycles. The predicted molar refractivity (Wildman–Crippen MR) is 105 cm³/mol. The molecule has 0 fully saturated rings. The number of thiazole rings is 1. The molecule has 0 bridgehead atoms. The molecule has 0 radical (unpaired) electrons. The lowest BCUT2D eigenvalue weighted by atomic mass is 10.0. The SMILES string of the molecule is CC(C)=C/C=C(\C)OCc1csc(Cc2cc(C)c([N+](=O)[O-])cc2C)n1. The second-order valence-electron chi connectivity index (χ2n) is 6.54. The van der Waals surface area contributed by atoms with Crippen molar-refractivity contribution in [2.24, 2.45) is 0 Å². The fraction of sp³-hybridized carbons (Fsp3) is 0.350. The van der Waals surface area contributed by atoms with Crippen LogP contribution in [0.4, 0.5) is 5.69 Å². The topological polar surface area (TPSA) is 65.3 Å². The molecule has 0 aliphatic carbocycles. The summed E-state index contributed by atoms with van der Waals surface area (Å²) in [7, 11) is 0. The number of hydrogen-bond donors (Lipinski definition) is 0. The fourth-order valence-electron chi connectivity index (χ4n) is 2.43. The zero-order valence-corrected chi connectivity index (χ0v) is 16.6. The number of rotatable bonds is 7. The van der Waals surface area contributed by atoms with Crippen LogP contribution in [0, 0.1) is 24.0 Å². The molecular weight excluding hydrogens is 348 g/mol. The number of benzene rings is 1. The minimum absolute atomic E-state index is 0.165. The van der Waals surface area contributed by atoms with Gasteiger partial charge in [-0.3, -0.25) is 10.1 Å². The first-order chi connectivity index (χ1) is 12.3. The van der Waals surface area contributed by atoms with Gasteiger partial charge in [0, 0.05) is 23.4 Å². The largest absolute Gasteiger partial charge is 0.492 e. The lowest BCUT2D eigenvalue weighted by Gasteiger charge is -2.06. The number of aromatic nitrogens is 1. The Morgan fingerprint density at radius 1 is 1.23 bits per heavy atom. The van der Waals surface area contributed by atoms with Crippen LogP contribution in [0.2, 0.25) is 0 Å². The van der Waals surface area contributed by atoms with Gasteiger partial charge in [0.1, 0.15) is 6.61 Å².